The van der Waals surface area contributed by atoms with Crippen molar-refractivity contribution in [2.24, 2.45) is 0 Å². The molecule has 10 heteroatoms. The lowest BCUT2D eigenvalue weighted by molar-refractivity contribution is -0.385. The summed E-state index contributed by atoms with van der Waals surface area (Å²) in [5, 5.41) is 14.3. The Balaban J connectivity index is 1.85. The molecule has 1 amide bonds. The number of nitro benzene ring substituents is 1. The summed E-state index contributed by atoms with van der Waals surface area (Å²) < 4.78 is 15.8. The average Bonchev–Trinajstić information content (AvgIpc) is 2.85. The third-order valence-electron chi connectivity index (χ3n) is 4.87. The molecule has 0 spiro atoms. The quantitative estimate of drug-likeness (QED) is 0.255. The first-order chi connectivity index (χ1) is 16.3. The largest absolute Gasteiger partial charge is 0.493 e. The van der Waals surface area contributed by atoms with Crippen LogP contribution in [-0.4, -0.2) is 31.0 Å². The molecule has 0 aromatic heterocycles. The lowest BCUT2D eigenvalue weighted by Crippen LogP contribution is -2.30. The van der Waals surface area contributed by atoms with Crippen molar-refractivity contribution in [3.05, 3.63) is 93.0 Å². The van der Waals surface area contributed by atoms with Gasteiger partial charge in [0.1, 0.15) is 0 Å². The van der Waals surface area contributed by atoms with Crippen LogP contribution in [0.25, 0.3) is 0 Å². The molecule has 176 valence electrons. The average molecular weight is 485 g/mol. The fourth-order valence-corrected chi connectivity index (χ4v) is 3.33. The van der Waals surface area contributed by atoms with Crippen LogP contribution in [0.5, 0.6) is 17.2 Å². The van der Waals surface area contributed by atoms with Gasteiger partial charge in [-0.05, 0) is 35.9 Å². The van der Waals surface area contributed by atoms with Gasteiger partial charge in [0, 0.05) is 16.7 Å². The summed E-state index contributed by atoms with van der Waals surface area (Å²) in [5.74, 6) is -0.619. The van der Waals surface area contributed by atoms with Gasteiger partial charge in [-0.3, -0.25) is 19.7 Å². The minimum Gasteiger partial charge on any atom is -0.493 e. The van der Waals surface area contributed by atoms with Crippen molar-refractivity contribution in [3.8, 4) is 17.2 Å². The zero-order chi connectivity index (χ0) is 24.7. The lowest BCUT2D eigenvalue weighted by Gasteiger charge is -2.19. The van der Waals surface area contributed by atoms with Crippen LogP contribution in [0.15, 0.2) is 66.7 Å². The fourth-order valence-electron chi connectivity index (χ4n) is 3.16. The molecule has 0 fully saturated rings. The van der Waals surface area contributed by atoms with Crippen LogP contribution in [0.2, 0.25) is 5.02 Å². The molecule has 34 heavy (non-hydrogen) atoms. The monoisotopic (exact) mass is 484 g/mol. The summed E-state index contributed by atoms with van der Waals surface area (Å²) in [6.07, 6.45) is -0.0508. The molecule has 0 radical (unpaired) electrons. The third kappa shape index (κ3) is 6.02. The van der Waals surface area contributed by atoms with Gasteiger partial charge < -0.3 is 19.5 Å². The van der Waals surface area contributed by atoms with Crippen molar-refractivity contribution in [1.29, 1.82) is 0 Å². The summed E-state index contributed by atoms with van der Waals surface area (Å²) >= 11 is 5.85. The van der Waals surface area contributed by atoms with Crippen LogP contribution in [0.3, 0.4) is 0 Å². The second-order valence-corrected chi connectivity index (χ2v) is 7.49. The number of hydrogen-bond donors (Lipinski definition) is 1. The second kappa shape index (κ2) is 11.2. The Hall–Kier alpha value is -4.11. The topological polar surface area (TPSA) is 117 Å². The zero-order valence-electron chi connectivity index (χ0n) is 18.3. The molecule has 0 aliphatic rings. The zero-order valence-corrected chi connectivity index (χ0v) is 19.1. The maximum absolute atomic E-state index is 13.0. The van der Waals surface area contributed by atoms with Crippen LogP contribution in [0.1, 0.15) is 28.4 Å². The number of rotatable bonds is 9. The highest BCUT2D eigenvalue weighted by Crippen LogP contribution is 2.38. The van der Waals surface area contributed by atoms with Gasteiger partial charge in [0.15, 0.2) is 11.5 Å². The molecule has 1 N–H and O–H groups in total. The first-order valence-electron chi connectivity index (χ1n) is 10.0. The normalized spacial score (nSPS) is 11.3. The number of esters is 1. The van der Waals surface area contributed by atoms with E-state index in [1.54, 1.807) is 24.3 Å². The maximum Gasteiger partial charge on any atom is 0.313 e. The number of nitrogens with zero attached hydrogens (tertiary/aromatic N) is 1. The molecule has 1 unspecified atom stereocenters. The number of benzene rings is 3. The van der Waals surface area contributed by atoms with E-state index in [9.17, 15) is 19.7 Å². The highest BCUT2D eigenvalue weighted by molar-refractivity contribution is 6.30. The van der Waals surface area contributed by atoms with Gasteiger partial charge in [0.25, 0.3) is 5.91 Å². The maximum atomic E-state index is 13.0. The smallest absolute Gasteiger partial charge is 0.313 e. The van der Waals surface area contributed by atoms with E-state index < -0.39 is 22.8 Å². The fraction of sp³-hybridized carbons (Fsp3) is 0.167. The van der Waals surface area contributed by atoms with Gasteiger partial charge in [-0.25, -0.2) is 0 Å². The number of carbonyl (C=O) groups is 2. The van der Waals surface area contributed by atoms with E-state index in [1.165, 1.54) is 50.6 Å². The molecular weight excluding hydrogens is 464 g/mol. The Morgan fingerprint density at radius 2 is 1.71 bits per heavy atom. The molecule has 0 aliphatic heterocycles. The van der Waals surface area contributed by atoms with Gasteiger partial charge in [0.2, 0.25) is 5.75 Å². The number of carbonyl (C=O) groups excluding carboxylic acids is 2. The minimum absolute atomic E-state index is 0.0351. The Bertz CT molecular complexity index is 1200. The van der Waals surface area contributed by atoms with Gasteiger partial charge in [-0.1, -0.05) is 41.9 Å². The molecule has 0 aliphatic carbocycles. The number of nitrogens with one attached hydrogen (secondary N) is 1. The lowest BCUT2D eigenvalue weighted by atomic mass is 10.0. The number of hydrogen-bond acceptors (Lipinski definition) is 7. The third-order valence-corrected chi connectivity index (χ3v) is 5.10. The van der Waals surface area contributed by atoms with E-state index in [0.29, 0.717) is 0 Å². The summed E-state index contributed by atoms with van der Waals surface area (Å²) in [5.41, 5.74) is 0.661. The van der Waals surface area contributed by atoms with Gasteiger partial charge >= 0.3 is 11.7 Å². The van der Waals surface area contributed by atoms with Crippen molar-refractivity contribution in [2.75, 3.05) is 14.2 Å². The number of nitro groups is 1. The molecule has 0 bridgehead atoms. The molecule has 3 aromatic rings. The first kappa shape index (κ1) is 24.5. The van der Waals surface area contributed by atoms with E-state index in [2.05, 4.69) is 5.32 Å². The van der Waals surface area contributed by atoms with Gasteiger partial charge in [0.05, 0.1) is 31.6 Å². The van der Waals surface area contributed by atoms with Crippen LogP contribution >= 0.6 is 11.6 Å². The predicted octanol–water partition coefficient (Wildman–Crippen LogP) is 5.08. The summed E-state index contributed by atoms with van der Waals surface area (Å²) in [4.78, 5) is 35.5. The molecule has 1 atom stereocenters. The van der Waals surface area contributed by atoms with E-state index >= 15 is 0 Å². The summed E-state index contributed by atoms with van der Waals surface area (Å²) in [7, 11) is 2.66. The predicted molar refractivity (Wildman–Crippen MR) is 124 cm³/mol. The minimum atomic E-state index is -0.611. The van der Waals surface area contributed by atoms with Crippen molar-refractivity contribution in [3.63, 3.8) is 0 Å². The van der Waals surface area contributed by atoms with Gasteiger partial charge in [-0.15, -0.1) is 0 Å². The van der Waals surface area contributed by atoms with Crippen molar-refractivity contribution < 1.29 is 28.7 Å². The van der Waals surface area contributed by atoms with E-state index in [1.807, 2.05) is 6.07 Å². The molecule has 3 rings (SSSR count). The van der Waals surface area contributed by atoms with Crippen LogP contribution in [0.4, 0.5) is 5.69 Å². The molecule has 3 aromatic carbocycles. The van der Waals surface area contributed by atoms with E-state index in [4.69, 9.17) is 25.8 Å². The summed E-state index contributed by atoms with van der Waals surface area (Å²) in [6, 6.07) is 16.8. The number of methoxy groups -OCH3 is 2. The second-order valence-electron chi connectivity index (χ2n) is 7.05. The molecule has 0 saturated carbocycles. The van der Waals surface area contributed by atoms with E-state index in [-0.39, 0.29) is 39.9 Å². The number of ether oxygens (including phenoxy) is 3. The highest BCUT2D eigenvalue weighted by Gasteiger charge is 2.22. The Labute approximate surface area is 200 Å². The Kier molecular flexibility index (Phi) is 8.05. The Morgan fingerprint density at radius 3 is 2.35 bits per heavy atom. The van der Waals surface area contributed by atoms with Crippen molar-refractivity contribution >= 4 is 29.2 Å². The molecule has 0 heterocycles. The highest BCUT2D eigenvalue weighted by atomic mass is 35.5. The van der Waals surface area contributed by atoms with Gasteiger partial charge in [-0.2, -0.15) is 0 Å². The summed E-state index contributed by atoms with van der Waals surface area (Å²) in [6.45, 7) is 0. The first-order valence-corrected chi connectivity index (χ1v) is 10.4. The van der Waals surface area contributed by atoms with Crippen LogP contribution < -0.4 is 14.8 Å². The standard InChI is InChI=1S/C24H21ClN2O7/c1-32-22-12-16(8-10-21(22)34-20-11-9-17(25)13-19(20)27(30)31)24(29)26-18(14-23(28)33-2)15-6-4-3-5-7-15/h3-13,18H,14H2,1-2H3,(H,26,29). The SMILES string of the molecule is COC(=O)CC(NC(=O)c1ccc(Oc2ccc(Cl)cc2[N+](=O)[O-])c(OC)c1)c1ccccc1. The molecular formula is C24H21ClN2O7. The molecule has 0 saturated heterocycles. The van der Waals surface area contributed by atoms with Crippen LogP contribution in [0, 0.1) is 10.1 Å². The van der Waals surface area contributed by atoms with Crippen molar-refractivity contribution in [1.82, 2.24) is 5.32 Å². The number of amides is 1. The van der Waals surface area contributed by atoms with Crippen molar-refractivity contribution in [2.45, 2.75) is 12.5 Å². The van der Waals surface area contributed by atoms with E-state index in [0.717, 1.165) is 5.56 Å². The number of halogens is 1. The molecule has 9 nitrogen and oxygen atoms in total. The Morgan fingerprint density at radius 1 is 1.00 bits per heavy atom. The van der Waals surface area contributed by atoms with Crippen LogP contribution in [-0.2, 0) is 9.53 Å².